The molecule has 0 amide bonds. The summed E-state index contributed by atoms with van der Waals surface area (Å²) in [6, 6.07) is 0. The SMILES string of the molecule is CCC(C)CNc1ncnc(OC(C)C)c1N. The third-order valence-corrected chi connectivity index (χ3v) is 2.51. The molecule has 1 aromatic rings. The van der Waals surface area contributed by atoms with Gasteiger partial charge in [0.2, 0.25) is 5.88 Å². The van der Waals surface area contributed by atoms with Gasteiger partial charge in [0.25, 0.3) is 0 Å². The van der Waals surface area contributed by atoms with Crippen LogP contribution in [0.1, 0.15) is 34.1 Å². The predicted molar refractivity (Wildman–Crippen MR) is 70.2 cm³/mol. The molecular weight excluding hydrogens is 216 g/mol. The maximum absolute atomic E-state index is 5.95. The Kier molecular flexibility index (Phi) is 5.00. The van der Waals surface area contributed by atoms with Gasteiger partial charge in [-0.2, -0.15) is 4.98 Å². The molecule has 1 unspecified atom stereocenters. The molecule has 0 fully saturated rings. The van der Waals surface area contributed by atoms with E-state index in [4.69, 9.17) is 10.5 Å². The first-order valence-electron chi connectivity index (χ1n) is 6.05. The molecule has 0 aliphatic carbocycles. The highest BCUT2D eigenvalue weighted by Gasteiger charge is 2.10. The first-order valence-corrected chi connectivity index (χ1v) is 6.05. The zero-order chi connectivity index (χ0) is 12.8. The lowest BCUT2D eigenvalue weighted by molar-refractivity contribution is 0.234. The van der Waals surface area contributed by atoms with Gasteiger partial charge in [-0.25, -0.2) is 4.98 Å². The number of hydrogen-bond acceptors (Lipinski definition) is 5. The number of nitrogens with two attached hydrogens (primary N) is 1. The molecule has 0 aromatic carbocycles. The maximum Gasteiger partial charge on any atom is 0.242 e. The van der Waals surface area contributed by atoms with Crippen LogP contribution < -0.4 is 15.8 Å². The molecule has 0 spiro atoms. The molecule has 0 bridgehead atoms. The first-order chi connectivity index (χ1) is 8.04. The second-order valence-electron chi connectivity index (χ2n) is 4.50. The highest BCUT2D eigenvalue weighted by molar-refractivity contribution is 5.66. The van der Waals surface area contributed by atoms with Gasteiger partial charge in [0.05, 0.1) is 6.10 Å². The molecule has 1 atom stereocenters. The van der Waals surface area contributed by atoms with E-state index in [-0.39, 0.29) is 6.10 Å². The second-order valence-corrected chi connectivity index (χ2v) is 4.50. The van der Waals surface area contributed by atoms with E-state index in [0.29, 0.717) is 23.3 Å². The van der Waals surface area contributed by atoms with Gasteiger partial charge in [0.1, 0.15) is 12.0 Å². The summed E-state index contributed by atoms with van der Waals surface area (Å²) in [6.07, 6.45) is 2.63. The van der Waals surface area contributed by atoms with Crippen LogP contribution in [-0.4, -0.2) is 22.6 Å². The van der Waals surface area contributed by atoms with Crippen molar-refractivity contribution in [2.75, 3.05) is 17.6 Å². The molecule has 5 heteroatoms. The minimum Gasteiger partial charge on any atom is -0.473 e. The fourth-order valence-corrected chi connectivity index (χ4v) is 1.25. The summed E-state index contributed by atoms with van der Waals surface area (Å²) in [5.41, 5.74) is 6.42. The van der Waals surface area contributed by atoms with Gasteiger partial charge >= 0.3 is 0 Å². The molecule has 1 aromatic heterocycles. The van der Waals surface area contributed by atoms with Crippen LogP contribution in [0, 0.1) is 5.92 Å². The number of nitrogens with zero attached hydrogens (tertiary/aromatic N) is 2. The molecule has 0 saturated carbocycles. The number of rotatable bonds is 6. The van der Waals surface area contributed by atoms with Crippen molar-refractivity contribution in [3.8, 4) is 5.88 Å². The summed E-state index contributed by atoms with van der Waals surface area (Å²) in [5.74, 6) is 1.68. The van der Waals surface area contributed by atoms with Crippen LogP contribution in [0.2, 0.25) is 0 Å². The highest BCUT2D eigenvalue weighted by Crippen LogP contribution is 2.25. The standard InChI is InChI=1S/C12H22N4O/c1-5-9(4)6-14-11-10(13)12(16-7-15-11)17-8(2)3/h7-9H,5-6,13H2,1-4H3,(H,14,15,16). The average molecular weight is 238 g/mol. The summed E-state index contributed by atoms with van der Waals surface area (Å²) in [6.45, 7) is 9.05. The van der Waals surface area contributed by atoms with Crippen LogP contribution in [0.25, 0.3) is 0 Å². The number of anilines is 2. The molecule has 0 saturated heterocycles. The van der Waals surface area contributed by atoms with Crippen LogP contribution in [0.4, 0.5) is 11.5 Å². The summed E-state index contributed by atoms with van der Waals surface area (Å²) < 4.78 is 5.50. The Bertz CT molecular complexity index is 354. The van der Waals surface area contributed by atoms with Gasteiger partial charge < -0.3 is 15.8 Å². The number of nitrogens with one attached hydrogen (secondary N) is 1. The molecule has 1 rings (SSSR count). The Hall–Kier alpha value is -1.52. The van der Waals surface area contributed by atoms with Crippen LogP contribution in [0.15, 0.2) is 6.33 Å². The molecule has 0 aliphatic heterocycles. The van der Waals surface area contributed by atoms with E-state index < -0.39 is 0 Å². The van der Waals surface area contributed by atoms with Gasteiger partial charge in [-0.05, 0) is 19.8 Å². The van der Waals surface area contributed by atoms with E-state index in [2.05, 4.69) is 29.1 Å². The van der Waals surface area contributed by atoms with Crippen molar-refractivity contribution in [1.82, 2.24) is 9.97 Å². The summed E-state index contributed by atoms with van der Waals surface area (Å²) in [7, 11) is 0. The van der Waals surface area contributed by atoms with E-state index in [9.17, 15) is 0 Å². The van der Waals surface area contributed by atoms with Crippen LogP contribution in [0.5, 0.6) is 5.88 Å². The van der Waals surface area contributed by atoms with E-state index in [1.807, 2.05) is 13.8 Å². The van der Waals surface area contributed by atoms with E-state index in [1.54, 1.807) is 0 Å². The van der Waals surface area contributed by atoms with E-state index >= 15 is 0 Å². The summed E-state index contributed by atoms with van der Waals surface area (Å²) in [4.78, 5) is 8.15. The van der Waals surface area contributed by atoms with E-state index in [1.165, 1.54) is 6.33 Å². The number of hydrogen-bond donors (Lipinski definition) is 2. The molecule has 96 valence electrons. The maximum atomic E-state index is 5.95. The lowest BCUT2D eigenvalue weighted by atomic mass is 10.1. The largest absolute Gasteiger partial charge is 0.473 e. The second kappa shape index (κ2) is 6.27. The predicted octanol–water partition coefficient (Wildman–Crippen LogP) is 2.30. The number of nitrogen functional groups attached to an aromatic ring is 1. The molecule has 0 radical (unpaired) electrons. The van der Waals surface area contributed by atoms with E-state index in [0.717, 1.165) is 13.0 Å². The topological polar surface area (TPSA) is 73.1 Å². The normalized spacial score (nSPS) is 12.5. The Labute approximate surface area is 103 Å². The van der Waals surface area contributed by atoms with Crippen molar-refractivity contribution >= 4 is 11.5 Å². The van der Waals surface area contributed by atoms with Gasteiger partial charge in [-0.3, -0.25) is 0 Å². The van der Waals surface area contributed by atoms with Gasteiger partial charge in [-0.15, -0.1) is 0 Å². The fraction of sp³-hybridized carbons (Fsp3) is 0.667. The quantitative estimate of drug-likeness (QED) is 0.795. The Morgan fingerprint density at radius 3 is 2.65 bits per heavy atom. The summed E-state index contributed by atoms with van der Waals surface area (Å²) >= 11 is 0. The fourth-order valence-electron chi connectivity index (χ4n) is 1.25. The van der Waals surface area contributed by atoms with Crippen LogP contribution in [0.3, 0.4) is 0 Å². The van der Waals surface area contributed by atoms with Crippen molar-refractivity contribution in [2.24, 2.45) is 5.92 Å². The minimum absolute atomic E-state index is 0.0506. The lowest BCUT2D eigenvalue weighted by Crippen LogP contribution is -2.15. The third kappa shape index (κ3) is 4.09. The van der Waals surface area contributed by atoms with Crippen molar-refractivity contribution in [1.29, 1.82) is 0 Å². The molecular formula is C12H22N4O. The molecule has 17 heavy (non-hydrogen) atoms. The third-order valence-electron chi connectivity index (χ3n) is 2.51. The Morgan fingerprint density at radius 2 is 2.06 bits per heavy atom. The van der Waals surface area contributed by atoms with Crippen molar-refractivity contribution in [3.63, 3.8) is 0 Å². The summed E-state index contributed by atoms with van der Waals surface area (Å²) in [5, 5.41) is 3.22. The zero-order valence-electron chi connectivity index (χ0n) is 11.0. The molecule has 1 heterocycles. The van der Waals surface area contributed by atoms with Crippen molar-refractivity contribution < 1.29 is 4.74 Å². The zero-order valence-corrected chi connectivity index (χ0v) is 11.0. The molecule has 3 N–H and O–H groups in total. The van der Waals surface area contributed by atoms with Crippen LogP contribution >= 0.6 is 0 Å². The van der Waals surface area contributed by atoms with Gasteiger partial charge in [-0.1, -0.05) is 20.3 Å². The Balaban J connectivity index is 2.72. The smallest absolute Gasteiger partial charge is 0.242 e. The van der Waals surface area contributed by atoms with Crippen molar-refractivity contribution in [2.45, 2.75) is 40.2 Å². The number of aromatic nitrogens is 2. The minimum atomic E-state index is 0.0506. The molecule has 0 aliphatic rings. The number of ether oxygens (including phenoxy) is 1. The lowest BCUT2D eigenvalue weighted by Gasteiger charge is -2.15. The van der Waals surface area contributed by atoms with Crippen LogP contribution in [-0.2, 0) is 0 Å². The first kappa shape index (κ1) is 13.5. The Morgan fingerprint density at radius 1 is 1.35 bits per heavy atom. The van der Waals surface area contributed by atoms with Gasteiger partial charge in [0, 0.05) is 6.54 Å². The van der Waals surface area contributed by atoms with Crippen molar-refractivity contribution in [3.05, 3.63) is 6.33 Å². The highest BCUT2D eigenvalue weighted by atomic mass is 16.5. The molecule has 5 nitrogen and oxygen atoms in total. The van der Waals surface area contributed by atoms with Gasteiger partial charge in [0.15, 0.2) is 5.82 Å². The average Bonchev–Trinajstić information content (AvgIpc) is 2.29. The monoisotopic (exact) mass is 238 g/mol.